The fourth-order valence-electron chi connectivity index (χ4n) is 5.40. The third kappa shape index (κ3) is 3.25. The second kappa shape index (κ2) is 7.61. The minimum Gasteiger partial charge on any atom is -0.390 e. The van der Waals surface area contributed by atoms with E-state index < -0.39 is 17.6 Å². The third-order valence-electron chi connectivity index (χ3n) is 7.15. The van der Waals surface area contributed by atoms with E-state index >= 15 is 0 Å². The van der Waals surface area contributed by atoms with Crippen LogP contribution in [0.15, 0.2) is 47.3 Å². The summed E-state index contributed by atoms with van der Waals surface area (Å²) in [7, 11) is 0. The van der Waals surface area contributed by atoms with Gasteiger partial charge in [0.2, 0.25) is 0 Å². The van der Waals surface area contributed by atoms with Crippen molar-refractivity contribution in [1.82, 2.24) is 19.5 Å². The van der Waals surface area contributed by atoms with Gasteiger partial charge in [-0.25, -0.2) is 15.0 Å². The molecule has 1 aromatic carbocycles. The Kier molecular flexibility index (Phi) is 4.90. The number of rotatable bonds is 2. The number of aromatic nitrogens is 4. The maximum atomic E-state index is 11.1. The van der Waals surface area contributed by atoms with Crippen molar-refractivity contribution in [2.75, 3.05) is 12.3 Å². The van der Waals surface area contributed by atoms with Crippen LogP contribution in [0.5, 0.6) is 0 Å². The van der Waals surface area contributed by atoms with Crippen LogP contribution in [0.25, 0.3) is 21.9 Å². The zero-order chi connectivity index (χ0) is 22.9. The number of aliphatic hydroxyl groups excluding tert-OH is 2. The number of nitrogens with two attached hydrogens (primary N) is 1. The van der Waals surface area contributed by atoms with Gasteiger partial charge >= 0.3 is 0 Å². The molecule has 0 amide bonds. The molecule has 1 saturated carbocycles. The molecule has 1 saturated heterocycles. The molecular formula is C23H21BrClN5O3. The zero-order valence-corrected chi connectivity index (χ0v) is 19.7. The summed E-state index contributed by atoms with van der Waals surface area (Å²) in [6, 6.07) is 9.42. The highest BCUT2D eigenvalue weighted by molar-refractivity contribution is 9.10. The van der Waals surface area contributed by atoms with Gasteiger partial charge in [-0.3, -0.25) is 0 Å². The second-order valence-electron chi connectivity index (χ2n) is 9.01. The molecule has 0 radical (unpaired) electrons. The standard InChI is InChI=1S/C23H21BrClN5O3/c24-14-5-11-1-2-12(6-15(11)29-20(14)25)17-8-23(9-33-17)7-16(18(31)19(23)32)30-4-3-13-21(26)27-10-28-22(13)30/h1-6,10,16-19,31-32H,7-9H2,(H2,26,27,28)/t16-,17?,18+,19+,23-/m1/s1. The number of aliphatic hydroxyl groups is 2. The molecule has 1 aliphatic heterocycles. The number of pyridine rings is 1. The van der Waals surface area contributed by atoms with E-state index in [4.69, 9.17) is 22.1 Å². The van der Waals surface area contributed by atoms with Crippen LogP contribution < -0.4 is 5.73 Å². The molecule has 5 atom stereocenters. The van der Waals surface area contributed by atoms with E-state index in [-0.39, 0.29) is 12.1 Å². The van der Waals surface area contributed by atoms with Crippen molar-refractivity contribution in [3.8, 4) is 0 Å². The van der Waals surface area contributed by atoms with Gasteiger partial charge in [-0.05, 0) is 52.5 Å². The zero-order valence-electron chi connectivity index (χ0n) is 17.4. The SMILES string of the molecule is Nc1ncnc2c1ccn2[C@@H]1C[C@@]2(COC(c3ccc4cc(Br)c(Cl)nc4c3)C2)[C@@H](O)[C@H]1O. The number of hydrogen-bond donors (Lipinski definition) is 3. The Labute approximate surface area is 202 Å². The summed E-state index contributed by atoms with van der Waals surface area (Å²) in [4.78, 5) is 12.8. The van der Waals surface area contributed by atoms with Crippen LogP contribution in [-0.4, -0.2) is 48.5 Å². The van der Waals surface area contributed by atoms with E-state index in [0.717, 1.165) is 26.3 Å². The lowest BCUT2D eigenvalue weighted by molar-refractivity contribution is -0.0309. The molecule has 8 nitrogen and oxygen atoms in total. The van der Waals surface area contributed by atoms with Crippen molar-refractivity contribution in [2.45, 2.75) is 37.2 Å². The van der Waals surface area contributed by atoms with E-state index in [2.05, 4.69) is 30.9 Å². The Morgan fingerprint density at radius 3 is 2.88 bits per heavy atom. The van der Waals surface area contributed by atoms with Crippen LogP contribution in [0.2, 0.25) is 5.15 Å². The highest BCUT2D eigenvalue weighted by Gasteiger charge is 2.57. The lowest BCUT2D eigenvalue weighted by Crippen LogP contribution is -2.37. The largest absolute Gasteiger partial charge is 0.390 e. The molecular weight excluding hydrogens is 510 g/mol. The molecule has 170 valence electrons. The van der Waals surface area contributed by atoms with Crippen LogP contribution in [0.1, 0.15) is 30.6 Å². The molecule has 4 aromatic rings. The highest BCUT2D eigenvalue weighted by atomic mass is 79.9. The fourth-order valence-corrected chi connectivity index (χ4v) is 5.88. The van der Waals surface area contributed by atoms with Gasteiger partial charge in [-0.2, -0.15) is 0 Å². The summed E-state index contributed by atoms with van der Waals surface area (Å²) in [6.07, 6.45) is 2.33. The lowest BCUT2D eigenvalue weighted by atomic mass is 9.80. The van der Waals surface area contributed by atoms with Crippen LogP contribution >= 0.6 is 27.5 Å². The monoisotopic (exact) mass is 529 g/mol. The summed E-state index contributed by atoms with van der Waals surface area (Å²) in [5, 5.41) is 24.2. The van der Waals surface area contributed by atoms with Crippen molar-refractivity contribution >= 4 is 55.3 Å². The van der Waals surface area contributed by atoms with Gasteiger partial charge in [0, 0.05) is 17.0 Å². The Bertz CT molecular complexity index is 1400. The first-order valence-electron chi connectivity index (χ1n) is 10.7. The smallest absolute Gasteiger partial charge is 0.145 e. The Morgan fingerprint density at radius 1 is 1.18 bits per heavy atom. The summed E-state index contributed by atoms with van der Waals surface area (Å²) in [6.45, 7) is 0.356. The van der Waals surface area contributed by atoms with Gasteiger partial charge in [0.1, 0.15) is 29.0 Å². The maximum absolute atomic E-state index is 11.1. The number of hydrogen-bond acceptors (Lipinski definition) is 7. The molecule has 3 aromatic heterocycles. The van der Waals surface area contributed by atoms with Crippen molar-refractivity contribution < 1.29 is 14.9 Å². The molecule has 10 heteroatoms. The predicted octanol–water partition coefficient (Wildman–Crippen LogP) is 3.79. The lowest BCUT2D eigenvalue weighted by Gasteiger charge is -2.26. The normalized spacial score (nSPS) is 29.6. The molecule has 1 spiro atoms. The molecule has 6 rings (SSSR count). The van der Waals surface area contributed by atoms with Crippen molar-refractivity contribution in [2.24, 2.45) is 5.41 Å². The van der Waals surface area contributed by atoms with Crippen molar-refractivity contribution in [3.63, 3.8) is 0 Å². The summed E-state index contributed by atoms with van der Waals surface area (Å²) in [5.41, 5.74) is 7.81. The molecule has 1 unspecified atom stereocenters. The number of ether oxygens (including phenoxy) is 1. The number of fused-ring (bicyclic) bond motifs is 2. The van der Waals surface area contributed by atoms with Crippen LogP contribution in [-0.2, 0) is 4.74 Å². The molecule has 4 N–H and O–H groups in total. The first kappa shape index (κ1) is 21.2. The number of benzene rings is 1. The molecule has 2 fully saturated rings. The van der Waals surface area contributed by atoms with Gasteiger partial charge < -0.3 is 25.3 Å². The van der Waals surface area contributed by atoms with Gasteiger partial charge in [0.25, 0.3) is 0 Å². The van der Waals surface area contributed by atoms with Crippen molar-refractivity contribution in [3.05, 3.63) is 58.0 Å². The van der Waals surface area contributed by atoms with Gasteiger partial charge in [-0.15, -0.1) is 0 Å². The van der Waals surface area contributed by atoms with E-state index in [1.807, 2.05) is 41.1 Å². The number of nitrogens with zero attached hydrogens (tertiary/aromatic N) is 4. The minimum absolute atomic E-state index is 0.210. The molecule has 1 aliphatic carbocycles. The van der Waals surface area contributed by atoms with Crippen LogP contribution in [0.3, 0.4) is 0 Å². The van der Waals surface area contributed by atoms with Crippen molar-refractivity contribution in [1.29, 1.82) is 0 Å². The van der Waals surface area contributed by atoms with Gasteiger partial charge in [0.05, 0.1) is 40.2 Å². The van der Waals surface area contributed by atoms with Crippen LogP contribution in [0.4, 0.5) is 5.82 Å². The molecule has 0 bridgehead atoms. The summed E-state index contributed by atoms with van der Waals surface area (Å²) >= 11 is 9.59. The molecule has 33 heavy (non-hydrogen) atoms. The van der Waals surface area contributed by atoms with Gasteiger partial charge in [-0.1, -0.05) is 23.7 Å². The maximum Gasteiger partial charge on any atom is 0.145 e. The number of anilines is 1. The first-order valence-corrected chi connectivity index (χ1v) is 11.8. The Morgan fingerprint density at radius 2 is 2.03 bits per heavy atom. The van der Waals surface area contributed by atoms with E-state index in [0.29, 0.717) is 36.1 Å². The van der Waals surface area contributed by atoms with E-state index in [1.165, 1.54) is 6.33 Å². The van der Waals surface area contributed by atoms with E-state index in [1.54, 1.807) is 0 Å². The Balaban J connectivity index is 1.30. The minimum atomic E-state index is -0.950. The van der Waals surface area contributed by atoms with Gasteiger partial charge in [0.15, 0.2) is 0 Å². The summed E-state index contributed by atoms with van der Waals surface area (Å²) < 4.78 is 8.82. The topological polar surface area (TPSA) is 119 Å². The van der Waals surface area contributed by atoms with Crippen LogP contribution in [0, 0.1) is 5.41 Å². The quantitative estimate of drug-likeness (QED) is 0.337. The second-order valence-corrected chi connectivity index (χ2v) is 10.2. The van der Waals surface area contributed by atoms with E-state index in [9.17, 15) is 10.2 Å². The summed E-state index contributed by atoms with van der Waals surface area (Å²) in [5.74, 6) is 0.391. The Hall–Kier alpha value is -2.30. The number of nitrogen functional groups attached to an aromatic ring is 1. The molecule has 4 heterocycles. The first-order chi connectivity index (χ1) is 15.9. The third-order valence-corrected chi connectivity index (χ3v) is 8.27. The number of halogens is 2. The predicted molar refractivity (Wildman–Crippen MR) is 128 cm³/mol. The average Bonchev–Trinajstić information content (AvgIpc) is 3.48. The average molecular weight is 531 g/mol. The fraction of sp³-hybridized carbons (Fsp3) is 0.348. The highest BCUT2D eigenvalue weighted by Crippen LogP contribution is 2.55. The molecule has 2 aliphatic rings.